The third-order valence-corrected chi connectivity index (χ3v) is 5.47. The Labute approximate surface area is 142 Å². The number of pyridine rings is 1. The highest BCUT2D eigenvalue weighted by Crippen LogP contribution is 2.16. The van der Waals surface area contributed by atoms with Crippen molar-refractivity contribution in [3.63, 3.8) is 0 Å². The average molecular weight is 357 g/mol. The fourth-order valence-electron chi connectivity index (χ4n) is 2.33. The third-order valence-electron chi connectivity index (χ3n) is 3.81. The van der Waals surface area contributed by atoms with Gasteiger partial charge in [0.05, 0.1) is 30.0 Å². The number of hydrogen-bond acceptors (Lipinski definition) is 6. The lowest BCUT2D eigenvalue weighted by Gasteiger charge is -2.26. The van der Waals surface area contributed by atoms with Gasteiger partial charge in [-0.05, 0) is 19.4 Å². The molecule has 1 aliphatic rings. The van der Waals surface area contributed by atoms with Gasteiger partial charge in [-0.25, -0.2) is 18.2 Å². The van der Waals surface area contributed by atoms with Gasteiger partial charge in [0.2, 0.25) is 5.88 Å². The van der Waals surface area contributed by atoms with Gasteiger partial charge in [-0.1, -0.05) is 0 Å². The van der Waals surface area contributed by atoms with E-state index in [2.05, 4.69) is 10.3 Å². The number of nitrogens with zero attached hydrogens (tertiary/aromatic N) is 2. The lowest BCUT2D eigenvalue weighted by molar-refractivity contribution is 0.144. The lowest BCUT2D eigenvalue weighted by atomic mass is 10.2. The van der Waals surface area contributed by atoms with Crippen LogP contribution >= 0.6 is 0 Å². The van der Waals surface area contributed by atoms with Gasteiger partial charge in [-0.2, -0.15) is 0 Å². The Morgan fingerprint density at radius 2 is 2.17 bits per heavy atom. The molecule has 1 saturated heterocycles. The molecule has 0 saturated carbocycles. The van der Waals surface area contributed by atoms with E-state index in [4.69, 9.17) is 9.47 Å². The van der Waals surface area contributed by atoms with Crippen LogP contribution in [0.15, 0.2) is 18.3 Å². The number of amides is 2. The van der Waals surface area contributed by atoms with Crippen LogP contribution in [0, 0.1) is 0 Å². The standard InChI is InChI=1S/C15H23N3O5S/c1-12-5-9-24(20,21)10-6-18(12)15(19)17-13-3-4-14(16-11-13)23-8-7-22-2/h3-4,11-12H,5-10H2,1-2H3,(H,17,19). The molecule has 2 amide bonds. The van der Waals surface area contributed by atoms with Gasteiger partial charge in [0.1, 0.15) is 6.61 Å². The monoisotopic (exact) mass is 357 g/mol. The highest BCUT2D eigenvalue weighted by Gasteiger charge is 2.27. The van der Waals surface area contributed by atoms with Gasteiger partial charge in [-0.3, -0.25) is 0 Å². The summed E-state index contributed by atoms with van der Waals surface area (Å²) in [5.41, 5.74) is 0.526. The van der Waals surface area contributed by atoms with E-state index >= 15 is 0 Å². The summed E-state index contributed by atoms with van der Waals surface area (Å²) in [6.07, 6.45) is 1.94. The van der Waals surface area contributed by atoms with Crippen molar-refractivity contribution in [3.8, 4) is 5.88 Å². The maximum atomic E-state index is 12.4. The number of urea groups is 1. The van der Waals surface area contributed by atoms with E-state index in [1.165, 1.54) is 6.20 Å². The summed E-state index contributed by atoms with van der Waals surface area (Å²) in [6.45, 7) is 2.91. The summed E-state index contributed by atoms with van der Waals surface area (Å²) < 4.78 is 33.6. The minimum absolute atomic E-state index is 0.00468. The van der Waals surface area contributed by atoms with Gasteiger partial charge in [0.25, 0.3) is 0 Å². The van der Waals surface area contributed by atoms with Crippen LogP contribution in [0.4, 0.5) is 10.5 Å². The Morgan fingerprint density at radius 3 is 2.83 bits per heavy atom. The van der Waals surface area contributed by atoms with Crippen LogP contribution in [0.1, 0.15) is 13.3 Å². The Bertz CT molecular complexity index is 648. The Hall–Kier alpha value is -1.87. The summed E-state index contributed by atoms with van der Waals surface area (Å²) in [5, 5.41) is 2.74. The molecule has 1 atom stereocenters. The molecule has 0 bridgehead atoms. The van der Waals surface area contributed by atoms with Crippen LogP contribution in [0.25, 0.3) is 0 Å². The normalized spacial score (nSPS) is 20.2. The topological polar surface area (TPSA) is 97.8 Å². The minimum atomic E-state index is -3.07. The SMILES string of the molecule is COCCOc1ccc(NC(=O)N2CCS(=O)(=O)CCC2C)cn1. The molecule has 1 fully saturated rings. The van der Waals surface area contributed by atoms with E-state index in [1.807, 2.05) is 6.92 Å². The van der Waals surface area contributed by atoms with Crippen molar-refractivity contribution in [1.82, 2.24) is 9.88 Å². The van der Waals surface area contributed by atoms with Crippen LogP contribution < -0.4 is 10.1 Å². The molecule has 8 nitrogen and oxygen atoms in total. The van der Waals surface area contributed by atoms with Gasteiger partial charge in [0, 0.05) is 25.8 Å². The molecule has 1 aromatic rings. The van der Waals surface area contributed by atoms with E-state index < -0.39 is 9.84 Å². The number of methoxy groups -OCH3 is 1. The van der Waals surface area contributed by atoms with Crippen LogP contribution in [0.2, 0.25) is 0 Å². The second-order valence-electron chi connectivity index (χ2n) is 5.64. The first kappa shape index (κ1) is 18.5. The number of hydrogen-bond donors (Lipinski definition) is 1. The summed E-state index contributed by atoms with van der Waals surface area (Å²) in [5.74, 6) is 0.557. The first-order chi connectivity index (χ1) is 11.4. The lowest BCUT2D eigenvalue weighted by Crippen LogP contribution is -2.42. The zero-order valence-corrected chi connectivity index (χ0v) is 14.7. The van der Waals surface area contributed by atoms with Crippen molar-refractivity contribution in [1.29, 1.82) is 0 Å². The van der Waals surface area contributed by atoms with Crippen molar-refractivity contribution in [2.45, 2.75) is 19.4 Å². The average Bonchev–Trinajstić information content (AvgIpc) is 2.68. The molecule has 0 aromatic carbocycles. The predicted octanol–water partition coefficient (Wildman–Crippen LogP) is 1.15. The molecular weight excluding hydrogens is 334 g/mol. The number of carbonyl (C=O) groups is 1. The molecule has 1 aromatic heterocycles. The highest BCUT2D eigenvalue weighted by molar-refractivity contribution is 7.91. The number of nitrogens with one attached hydrogen (secondary N) is 1. The first-order valence-electron chi connectivity index (χ1n) is 7.77. The van der Waals surface area contributed by atoms with E-state index in [9.17, 15) is 13.2 Å². The number of rotatable bonds is 5. The predicted molar refractivity (Wildman–Crippen MR) is 90.1 cm³/mol. The molecule has 0 radical (unpaired) electrons. The van der Waals surface area contributed by atoms with E-state index in [0.29, 0.717) is 31.2 Å². The minimum Gasteiger partial charge on any atom is -0.475 e. The number of anilines is 1. The smallest absolute Gasteiger partial charge is 0.322 e. The number of aromatic nitrogens is 1. The fourth-order valence-corrected chi connectivity index (χ4v) is 3.71. The quantitative estimate of drug-likeness (QED) is 0.794. The van der Waals surface area contributed by atoms with Crippen molar-refractivity contribution >= 4 is 21.6 Å². The van der Waals surface area contributed by atoms with Crippen LogP contribution in [-0.2, 0) is 14.6 Å². The Kier molecular flexibility index (Phi) is 6.38. The van der Waals surface area contributed by atoms with Crippen molar-refractivity contribution in [2.75, 3.05) is 43.7 Å². The zero-order valence-electron chi connectivity index (χ0n) is 13.9. The number of carbonyl (C=O) groups excluding carboxylic acids is 1. The van der Waals surface area contributed by atoms with Gasteiger partial charge in [0.15, 0.2) is 9.84 Å². The van der Waals surface area contributed by atoms with Crippen LogP contribution in [0.3, 0.4) is 0 Å². The summed E-state index contributed by atoms with van der Waals surface area (Å²) in [6, 6.07) is 2.88. The number of ether oxygens (including phenoxy) is 2. The van der Waals surface area contributed by atoms with Gasteiger partial charge in [-0.15, -0.1) is 0 Å². The molecule has 1 N–H and O–H groups in total. The van der Waals surface area contributed by atoms with Crippen molar-refractivity contribution in [2.24, 2.45) is 0 Å². The third kappa shape index (κ3) is 5.34. The highest BCUT2D eigenvalue weighted by atomic mass is 32.2. The molecule has 9 heteroatoms. The summed E-state index contributed by atoms with van der Waals surface area (Å²) in [7, 11) is -1.48. The second kappa shape index (κ2) is 8.29. The molecule has 134 valence electrons. The molecule has 2 rings (SSSR count). The van der Waals surface area contributed by atoms with E-state index in [1.54, 1.807) is 24.1 Å². The molecule has 24 heavy (non-hydrogen) atoms. The zero-order chi connectivity index (χ0) is 17.6. The molecule has 1 aliphatic heterocycles. The van der Waals surface area contributed by atoms with Gasteiger partial charge >= 0.3 is 6.03 Å². The first-order valence-corrected chi connectivity index (χ1v) is 9.59. The van der Waals surface area contributed by atoms with E-state index in [-0.39, 0.29) is 30.1 Å². The maximum Gasteiger partial charge on any atom is 0.322 e. The summed E-state index contributed by atoms with van der Waals surface area (Å²) >= 11 is 0. The molecule has 1 unspecified atom stereocenters. The Morgan fingerprint density at radius 1 is 1.38 bits per heavy atom. The molecule has 2 heterocycles. The fraction of sp³-hybridized carbons (Fsp3) is 0.600. The van der Waals surface area contributed by atoms with Crippen molar-refractivity contribution in [3.05, 3.63) is 18.3 Å². The maximum absolute atomic E-state index is 12.4. The largest absolute Gasteiger partial charge is 0.475 e. The van der Waals surface area contributed by atoms with Crippen LogP contribution in [-0.4, -0.2) is 68.7 Å². The Balaban J connectivity index is 1.93. The molecule has 0 aliphatic carbocycles. The number of sulfone groups is 1. The van der Waals surface area contributed by atoms with Gasteiger partial charge < -0.3 is 19.7 Å². The van der Waals surface area contributed by atoms with Crippen molar-refractivity contribution < 1.29 is 22.7 Å². The van der Waals surface area contributed by atoms with Crippen LogP contribution in [0.5, 0.6) is 5.88 Å². The summed E-state index contributed by atoms with van der Waals surface area (Å²) in [4.78, 5) is 18.0. The van der Waals surface area contributed by atoms with E-state index in [0.717, 1.165) is 0 Å². The molecule has 0 spiro atoms. The molecular formula is C15H23N3O5S. The second-order valence-corrected chi connectivity index (χ2v) is 7.94.